The lowest BCUT2D eigenvalue weighted by atomic mass is 10.1. The summed E-state index contributed by atoms with van der Waals surface area (Å²) in [6, 6.07) is 3.50. The molecule has 21 heavy (non-hydrogen) atoms. The van der Waals surface area contributed by atoms with Crippen molar-refractivity contribution in [3.05, 3.63) is 36.0 Å². The lowest BCUT2D eigenvalue weighted by Crippen LogP contribution is -2.45. The Morgan fingerprint density at radius 2 is 1.95 bits per heavy atom. The van der Waals surface area contributed by atoms with Crippen LogP contribution in [0.5, 0.6) is 0 Å². The Labute approximate surface area is 123 Å². The molecule has 0 aliphatic carbocycles. The van der Waals surface area contributed by atoms with Crippen LogP contribution >= 0.6 is 0 Å². The molecule has 0 aliphatic heterocycles. The normalized spacial score (nSPS) is 11.4. The van der Waals surface area contributed by atoms with Crippen LogP contribution in [0.25, 0.3) is 0 Å². The number of carboxylic acid groups (broad SMARTS) is 1. The molecule has 2 heterocycles. The standard InChI is InChI=1S/C14H19N5O2/c1-10-8-12(19(13(20)21)14(2,3)4)17-18(10)9-11-15-6-5-7-16-11/h5-8H,9H2,1-4H3,(H,20,21). The first-order chi connectivity index (χ1) is 9.79. The monoisotopic (exact) mass is 289 g/mol. The second-order valence-electron chi connectivity index (χ2n) is 5.76. The number of hydrogen-bond acceptors (Lipinski definition) is 4. The van der Waals surface area contributed by atoms with Crippen molar-refractivity contribution in [2.24, 2.45) is 0 Å². The first-order valence-corrected chi connectivity index (χ1v) is 6.62. The summed E-state index contributed by atoms with van der Waals surface area (Å²) in [7, 11) is 0. The lowest BCUT2D eigenvalue weighted by molar-refractivity contribution is 0.195. The molecule has 0 radical (unpaired) electrons. The van der Waals surface area contributed by atoms with Crippen molar-refractivity contribution in [1.29, 1.82) is 0 Å². The van der Waals surface area contributed by atoms with Crippen molar-refractivity contribution >= 4 is 11.9 Å². The molecule has 7 nitrogen and oxygen atoms in total. The third-order valence-electron chi connectivity index (χ3n) is 2.97. The molecule has 2 aromatic rings. The summed E-state index contributed by atoms with van der Waals surface area (Å²) in [6.45, 7) is 7.77. The Bertz CT molecular complexity index is 631. The van der Waals surface area contributed by atoms with Gasteiger partial charge in [0.1, 0.15) is 12.4 Å². The fourth-order valence-corrected chi connectivity index (χ4v) is 2.04. The lowest BCUT2D eigenvalue weighted by Gasteiger charge is -2.30. The number of nitrogens with zero attached hydrogens (tertiary/aromatic N) is 5. The minimum absolute atomic E-state index is 0.406. The molecule has 0 fully saturated rings. The molecular formula is C14H19N5O2. The van der Waals surface area contributed by atoms with Gasteiger partial charge in [-0.25, -0.2) is 14.8 Å². The van der Waals surface area contributed by atoms with E-state index >= 15 is 0 Å². The fourth-order valence-electron chi connectivity index (χ4n) is 2.04. The van der Waals surface area contributed by atoms with E-state index in [4.69, 9.17) is 0 Å². The molecule has 0 bridgehead atoms. The number of hydrogen-bond donors (Lipinski definition) is 1. The van der Waals surface area contributed by atoms with Gasteiger partial charge in [-0.3, -0.25) is 9.58 Å². The summed E-state index contributed by atoms with van der Waals surface area (Å²) in [5.41, 5.74) is 0.286. The SMILES string of the molecule is Cc1cc(N(C(=O)O)C(C)(C)C)nn1Cc1ncccn1. The number of carbonyl (C=O) groups is 1. The molecule has 1 N–H and O–H groups in total. The summed E-state index contributed by atoms with van der Waals surface area (Å²) < 4.78 is 1.70. The van der Waals surface area contributed by atoms with E-state index < -0.39 is 11.6 Å². The third-order valence-corrected chi connectivity index (χ3v) is 2.97. The Morgan fingerprint density at radius 3 is 2.48 bits per heavy atom. The van der Waals surface area contributed by atoms with Gasteiger partial charge in [-0.15, -0.1) is 0 Å². The molecule has 0 unspecified atom stereocenters. The molecule has 112 valence electrons. The van der Waals surface area contributed by atoms with Crippen LogP contribution in [0.15, 0.2) is 24.5 Å². The van der Waals surface area contributed by atoms with Gasteiger partial charge in [0, 0.05) is 29.7 Å². The zero-order valence-electron chi connectivity index (χ0n) is 12.6. The molecule has 0 saturated heterocycles. The summed E-state index contributed by atoms with van der Waals surface area (Å²) in [5.74, 6) is 1.04. The highest BCUT2D eigenvalue weighted by Gasteiger charge is 2.30. The maximum absolute atomic E-state index is 11.5. The van der Waals surface area contributed by atoms with Crippen LogP contribution in [0.2, 0.25) is 0 Å². The number of aryl methyl sites for hydroxylation is 1. The molecule has 1 amide bonds. The minimum atomic E-state index is -1.02. The van der Waals surface area contributed by atoms with Crippen LogP contribution < -0.4 is 4.90 Å². The van der Waals surface area contributed by atoms with Crippen LogP contribution in [0.1, 0.15) is 32.3 Å². The Morgan fingerprint density at radius 1 is 1.33 bits per heavy atom. The number of amides is 1. The Hall–Kier alpha value is -2.44. The van der Waals surface area contributed by atoms with Crippen molar-refractivity contribution in [2.45, 2.75) is 39.8 Å². The highest BCUT2D eigenvalue weighted by Crippen LogP contribution is 2.23. The average molecular weight is 289 g/mol. The molecular weight excluding hydrogens is 270 g/mol. The second-order valence-corrected chi connectivity index (χ2v) is 5.76. The molecule has 0 saturated carbocycles. The Kier molecular flexibility index (Phi) is 3.93. The van der Waals surface area contributed by atoms with E-state index in [-0.39, 0.29) is 0 Å². The van der Waals surface area contributed by atoms with E-state index in [2.05, 4.69) is 15.1 Å². The summed E-state index contributed by atoms with van der Waals surface area (Å²) in [4.78, 5) is 21.0. The van der Waals surface area contributed by atoms with Gasteiger partial charge in [0.05, 0.1) is 0 Å². The zero-order chi connectivity index (χ0) is 15.6. The van der Waals surface area contributed by atoms with E-state index in [9.17, 15) is 9.90 Å². The van der Waals surface area contributed by atoms with E-state index in [0.29, 0.717) is 18.2 Å². The topological polar surface area (TPSA) is 84.1 Å². The van der Waals surface area contributed by atoms with Crippen molar-refractivity contribution in [3.63, 3.8) is 0 Å². The maximum Gasteiger partial charge on any atom is 0.413 e. The molecule has 0 atom stereocenters. The van der Waals surface area contributed by atoms with Crippen LogP contribution in [0.3, 0.4) is 0 Å². The molecule has 0 spiro atoms. The van der Waals surface area contributed by atoms with Crippen LogP contribution in [-0.2, 0) is 6.54 Å². The summed E-state index contributed by atoms with van der Waals surface area (Å²) in [6.07, 6.45) is 2.31. The molecule has 2 rings (SSSR count). The predicted octanol–water partition coefficient (Wildman–Crippen LogP) is 2.31. The van der Waals surface area contributed by atoms with Crippen molar-refractivity contribution in [2.75, 3.05) is 4.90 Å². The minimum Gasteiger partial charge on any atom is -0.465 e. The highest BCUT2D eigenvalue weighted by atomic mass is 16.4. The van der Waals surface area contributed by atoms with Gasteiger partial charge >= 0.3 is 6.09 Å². The van der Waals surface area contributed by atoms with Gasteiger partial charge in [-0.05, 0) is 33.8 Å². The molecule has 7 heteroatoms. The molecule has 2 aromatic heterocycles. The van der Waals surface area contributed by atoms with Crippen molar-refractivity contribution in [1.82, 2.24) is 19.7 Å². The average Bonchev–Trinajstić information content (AvgIpc) is 2.69. The van der Waals surface area contributed by atoms with Crippen LogP contribution in [0.4, 0.5) is 10.6 Å². The quantitative estimate of drug-likeness (QED) is 0.937. The number of aromatic nitrogens is 4. The molecule has 0 aliphatic rings. The van der Waals surface area contributed by atoms with E-state index in [1.807, 2.05) is 27.7 Å². The van der Waals surface area contributed by atoms with Gasteiger partial charge in [-0.1, -0.05) is 0 Å². The van der Waals surface area contributed by atoms with Gasteiger partial charge in [-0.2, -0.15) is 5.10 Å². The van der Waals surface area contributed by atoms with Gasteiger partial charge in [0.15, 0.2) is 5.82 Å². The first-order valence-electron chi connectivity index (χ1n) is 6.62. The number of anilines is 1. The zero-order valence-corrected chi connectivity index (χ0v) is 12.6. The second kappa shape index (κ2) is 5.51. The van der Waals surface area contributed by atoms with Crippen molar-refractivity contribution in [3.8, 4) is 0 Å². The molecule has 0 aromatic carbocycles. The van der Waals surface area contributed by atoms with E-state index in [0.717, 1.165) is 5.69 Å². The maximum atomic E-state index is 11.5. The Balaban J connectivity index is 2.32. The third kappa shape index (κ3) is 3.36. The van der Waals surface area contributed by atoms with Gasteiger partial charge in [0.2, 0.25) is 0 Å². The number of rotatable bonds is 3. The van der Waals surface area contributed by atoms with E-state index in [1.165, 1.54) is 4.90 Å². The van der Waals surface area contributed by atoms with Gasteiger partial charge < -0.3 is 5.11 Å². The summed E-state index contributed by atoms with van der Waals surface area (Å²) >= 11 is 0. The highest BCUT2D eigenvalue weighted by molar-refractivity contribution is 5.86. The van der Waals surface area contributed by atoms with Gasteiger partial charge in [0.25, 0.3) is 0 Å². The smallest absolute Gasteiger partial charge is 0.413 e. The summed E-state index contributed by atoms with van der Waals surface area (Å²) in [5, 5.41) is 13.8. The largest absolute Gasteiger partial charge is 0.465 e. The van der Waals surface area contributed by atoms with Crippen LogP contribution in [0, 0.1) is 6.92 Å². The van der Waals surface area contributed by atoms with Crippen molar-refractivity contribution < 1.29 is 9.90 Å². The van der Waals surface area contributed by atoms with Crippen LogP contribution in [-0.4, -0.2) is 36.5 Å². The predicted molar refractivity (Wildman–Crippen MR) is 78.4 cm³/mol. The first kappa shape index (κ1) is 15.0. The fraction of sp³-hybridized carbons (Fsp3) is 0.429. The van der Waals surface area contributed by atoms with E-state index in [1.54, 1.807) is 29.2 Å².